The fourth-order valence-corrected chi connectivity index (χ4v) is 1.17. The van der Waals surface area contributed by atoms with E-state index in [1.807, 2.05) is 14.1 Å². The van der Waals surface area contributed by atoms with E-state index in [1.165, 1.54) is 24.3 Å². The second-order valence-electron chi connectivity index (χ2n) is 3.85. The molecule has 0 aliphatic carbocycles. The van der Waals surface area contributed by atoms with Crippen LogP contribution in [0.15, 0.2) is 36.0 Å². The third kappa shape index (κ3) is 3.41. The molecule has 17 heavy (non-hydrogen) atoms. The van der Waals surface area contributed by atoms with Crippen LogP contribution in [-0.2, 0) is 0 Å². The summed E-state index contributed by atoms with van der Waals surface area (Å²) in [5.41, 5.74) is 1.04. The lowest BCUT2D eigenvalue weighted by molar-refractivity contribution is -0.384. The summed E-state index contributed by atoms with van der Waals surface area (Å²) in [6.45, 7) is 1.80. The first-order chi connectivity index (χ1) is 7.91. The van der Waals surface area contributed by atoms with Gasteiger partial charge < -0.3 is 4.90 Å². The normalized spacial score (nSPS) is 11.1. The minimum Gasteiger partial charge on any atom is -0.381 e. The molecule has 0 saturated heterocycles. The predicted molar refractivity (Wildman–Crippen MR) is 64.9 cm³/mol. The molecule has 0 bridgehead atoms. The van der Waals surface area contributed by atoms with E-state index in [1.54, 1.807) is 17.9 Å². The molecule has 0 amide bonds. The third-order valence-corrected chi connectivity index (χ3v) is 2.39. The second kappa shape index (κ2) is 5.25. The molecule has 0 heterocycles. The van der Waals surface area contributed by atoms with Crippen molar-refractivity contribution in [3.63, 3.8) is 0 Å². The highest BCUT2D eigenvalue weighted by Gasteiger charge is 2.10. The maximum absolute atomic E-state index is 11.8. The molecule has 1 aromatic carbocycles. The molecule has 0 atom stereocenters. The summed E-state index contributed by atoms with van der Waals surface area (Å²) in [5.74, 6) is -0.236. The predicted octanol–water partition coefficient (Wildman–Crippen LogP) is 2.24. The van der Waals surface area contributed by atoms with Gasteiger partial charge >= 0.3 is 0 Å². The standard InChI is InChI=1S/C12H14N2O3/c1-9(13(2)3)7-12(15)10-5-4-6-11(8-10)14(16)17/h4-8H,1-3H3/b9-7+. The van der Waals surface area contributed by atoms with Gasteiger partial charge in [0.05, 0.1) is 4.92 Å². The average molecular weight is 234 g/mol. The van der Waals surface area contributed by atoms with Crippen LogP contribution in [0.4, 0.5) is 5.69 Å². The van der Waals surface area contributed by atoms with Crippen LogP contribution < -0.4 is 0 Å². The number of non-ortho nitro benzene ring substituents is 1. The van der Waals surface area contributed by atoms with Gasteiger partial charge in [-0.05, 0) is 6.92 Å². The van der Waals surface area contributed by atoms with Crippen molar-refractivity contribution in [3.8, 4) is 0 Å². The van der Waals surface area contributed by atoms with E-state index in [0.717, 1.165) is 5.70 Å². The average Bonchev–Trinajstić information content (AvgIpc) is 2.28. The highest BCUT2D eigenvalue weighted by molar-refractivity contribution is 6.05. The first kappa shape index (κ1) is 12.9. The first-order valence-corrected chi connectivity index (χ1v) is 5.06. The van der Waals surface area contributed by atoms with E-state index < -0.39 is 4.92 Å². The summed E-state index contributed by atoms with van der Waals surface area (Å²) >= 11 is 0. The number of hydrogen-bond donors (Lipinski definition) is 0. The van der Waals surface area contributed by atoms with Crippen LogP contribution in [0.5, 0.6) is 0 Å². The molecule has 0 unspecified atom stereocenters. The van der Waals surface area contributed by atoms with E-state index in [-0.39, 0.29) is 11.5 Å². The number of carbonyl (C=O) groups excluding carboxylic acids is 1. The van der Waals surface area contributed by atoms with Gasteiger partial charge in [0.2, 0.25) is 0 Å². The van der Waals surface area contributed by atoms with Gasteiger partial charge in [-0.25, -0.2) is 0 Å². The zero-order valence-corrected chi connectivity index (χ0v) is 10.0. The molecule has 5 heteroatoms. The summed E-state index contributed by atoms with van der Waals surface area (Å²) < 4.78 is 0. The summed E-state index contributed by atoms with van der Waals surface area (Å²) in [6, 6.07) is 5.71. The van der Waals surface area contributed by atoms with Crippen molar-refractivity contribution >= 4 is 11.5 Å². The molecule has 0 spiro atoms. The lowest BCUT2D eigenvalue weighted by Gasteiger charge is -2.11. The molecule has 0 N–H and O–H groups in total. The van der Waals surface area contributed by atoms with Crippen LogP contribution in [-0.4, -0.2) is 29.7 Å². The number of nitrogens with zero attached hydrogens (tertiary/aromatic N) is 2. The Kier molecular flexibility index (Phi) is 3.98. The van der Waals surface area contributed by atoms with Crippen LogP contribution in [0.3, 0.4) is 0 Å². The summed E-state index contributed by atoms with van der Waals surface area (Å²) in [4.78, 5) is 23.7. The van der Waals surface area contributed by atoms with Gasteiger partial charge in [0.25, 0.3) is 5.69 Å². The Morgan fingerprint density at radius 3 is 2.59 bits per heavy atom. The third-order valence-electron chi connectivity index (χ3n) is 2.39. The Morgan fingerprint density at radius 2 is 2.06 bits per heavy atom. The molecule has 0 aliphatic rings. The van der Waals surface area contributed by atoms with Crippen molar-refractivity contribution < 1.29 is 9.72 Å². The van der Waals surface area contributed by atoms with Gasteiger partial charge in [-0.1, -0.05) is 12.1 Å². The molecule has 0 aromatic heterocycles. The number of allylic oxidation sites excluding steroid dienone is 2. The van der Waals surface area contributed by atoms with Crippen molar-refractivity contribution in [2.75, 3.05) is 14.1 Å². The molecular weight excluding hydrogens is 220 g/mol. The summed E-state index contributed by atoms with van der Waals surface area (Å²) in [7, 11) is 3.65. The molecule has 0 radical (unpaired) electrons. The van der Waals surface area contributed by atoms with E-state index in [2.05, 4.69) is 0 Å². The Morgan fingerprint density at radius 1 is 1.41 bits per heavy atom. The van der Waals surface area contributed by atoms with Gasteiger partial charge in [0, 0.05) is 43.6 Å². The van der Waals surface area contributed by atoms with Crippen molar-refractivity contribution in [1.29, 1.82) is 0 Å². The van der Waals surface area contributed by atoms with Crippen LogP contribution in [0.1, 0.15) is 17.3 Å². The number of nitro benzene ring substituents is 1. The molecule has 1 rings (SSSR count). The molecule has 1 aromatic rings. The minimum atomic E-state index is -0.515. The molecule has 90 valence electrons. The van der Waals surface area contributed by atoms with Crippen LogP contribution in [0.25, 0.3) is 0 Å². The summed E-state index contributed by atoms with van der Waals surface area (Å²) in [6.07, 6.45) is 1.46. The topological polar surface area (TPSA) is 63.4 Å². The highest BCUT2D eigenvalue weighted by atomic mass is 16.6. The zero-order chi connectivity index (χ0) is 13.0. The summed E-state index contributed by atoms with van der Waals surface area (Å²) in [5, 5.41) is 10.6. The van der Waals surface area contributed by atoms with Crippen molar-refractivity contribution in [2.45, 2.75) is 6.92 Å². The lowest BCUT2D eigenvalue weighted by atomic mass is 10.1. The van der Waals surface area contributed by atoms with E-state index in [4.69, 9.17) is 0 Å². The molecular formula is C12H14N2O3. The van der Waals surface area contributed by atoms with Crippen molar-refractivity contribution in [2.24, 2.45) is 0 Å². The Balaban J connectivity index is 3.01. The number of ketones is 1. The fourth-order valence-electron chi connectivity index (χ4n) is 1.17. The quantitative estimate of drug-likeness (QED) is 0.347. The van der Waals surface area contributed by atoms with Gasteiger partial charge in [-0.2, -0.15) is 0 Å². The largest absolute Gasteiger partial charge is 0.381 e. The van der Waals surface area contributed by atoms with Gasteiger partial charge in [0.15, 0.2) is 5.78 Å². The minimum absolute atomic E-state index is 0.0771. The van der Waals surface area contributed by atoms with E-state index in [9.17, 15) is 14.9 Å². The maximum Gasteiger partial charge on any atom is 0.270 e. The second-order valence-corrected chi connectivity index (χ2v) is 3.85. The SMILES string of the molecule is C/C(=C\C(=O)c1cccc([N+](=O)[O-])c1)N(C)C. The van der Waals surface area contributed by atoms with Crippen LogP contribution >= 0.6 is 0 Å². The van der Waals surface area contributed by atoms with E-state index in [0.29, 0.717) is 5.56 Å². The van der Waals surface area contributed by atoms with Gasteiger partial charge in [0.1, 0.15) is 0 Å². The van der Waals surface area contributed by atoms with Crippen molar-refractivity contribution in [1.82, 2.24) is 4.90 Å². The number of hydrogen-bond acceptors (Lipinski definition) is 4. The number of benzene rings is 1. The van der Waals surface area contributed by atoms with Crippen LogP contribution in [0.2, 0.25) is 0 Å². The number of rotatable bonds is 4. The highest BCUT2D eigenvalue weighted by Crippen LogP contribution is 2.14. The number of carbonyl (C=O) groups is 1. The maximum atomic E-state index is 11.8. The Bertz CT molecular complexity index is 478. The van der Waals surface area contributed by atoms with Crippen molar-refractivity contribution in [3.05, 3.63) is 51.7 Å². The van der Waals surface area contributed by atoms with E-state index >= 15 is 0 Å². The van der Waals surface area contributed by atoms with Crippen LogP contribution in [0, 0.1) is 10.1 Å². The number of nitro groups is 1. The molecule has 0 aliphatic heterocycles. The molecule has 0 fully saturated rings. The van der Waals surface area contributed by atoms with Gasteiger partial charge in [-0.15, -0.1) is 0 Å². The zero-order valence-electron chi connectivity index (χ0n) is 10.0. The smallest absolute Gasteiger partial charge is 0.270 e. The van der Waals surface area contributed by atoms with Gasteiger partial charge in [-0.3, -0.25) is 14.9 Å². The molecule has 5 nitrogen and oxygen atoms in total. The Labute approximate surface area is 99.5 Å². The first-order valence-electron chi connectivity index (χ1n) is 5.06. The fraction of sp³-hybridized carbons (Fsp3) is 0.250. The Hall–Kier alpha value is -2.17. The lowest BCUT2D eigenvalue weighted by Crippen LogP contribution is -2.10. The monoisotopic (exact) mass is 234 g/mol. The molecule has 0 saturated carbocycles.